The molecule has 4 aromatic rings. The largest absolute Gasteiger partial charge is 0.308 e. The Kier molecular flexibility index (Phi) is 5.81. The minimum atomic E-state index is -0.170. The van der Waals surface area contributed by atoms with Crippen molar-refractivity contribution in [1.29, 1.82) is 15.8 Å². The van der Waals surface area contributed by atoms with Gasteiger partial charge in [-0.1, -0.05) is 42.5 Å². The SMILES string of the molecule is N#CC(C#N)=C(C#N)c1ccc(-c2ccc(-c3sccc3C3C=CC=C3)n2-c2ccccc2)s1. The van der Waals surface area contributed by atoms with E-state index in [4.69, 9.17) is 0 Å². The van der Waals surface area contributed by atoms with Gasteiger partial charge in [0.15, 0.2) is 0 Å². The van der Waals surface area contributed by atoms with Crippen molar-refractivity contribution in [1.82, 2.24) is 4.57 Å². The van der Waals surface area contributed by atoms with Gasteiger partial charge in [0.2, 0.25) is 0 Å². The maximum Gasteiger partial charge on any atom is 0.148 e. The smallest absolute Gasteiger partial charge is 0.148 e. The summed E-state index contributed by atoms with van der Waals surface area (Å²) in [7, 11) is 0. The zero-order valence-corrected chi connectivity index (χ0v) is 19.5. The van der Waals surface area contributed by atoms with Crippen molar-refractivity contribution < 1.29 is 0 Å². The Morgan fingerprint density at radius 2 is 1.53 bits per heavy atom. The van der Waals surface area contributed by atoms with Crippen LogP contribution in [0.5, 0.6) is 0 Å². The summed E-state index contributed by atoms with van der Waals surface area (Å²) in [6, 6.07) is 26.0. The number of nitriles is 3. The number of benzene rings is 1. The predicted molar refractivity (Wildman–Crippen MR) is 137 cm³/mol. The van der Waals surface area contributed by atoms with E-state index in [-0.39, 0.29) is 17.1 Å². The van der Waals surface area contributed by atoms with Gasteiger partial charge < -0.3 is 4.57 Å². The summed E-state index contributed by atoms with van der Waals surface area (Å²) in [5.41, 5.74) is 4.33. The molecule has 5 rings (SSSR count). The molecule has 1 aliphatic rings. The van der Waals surface area contributed by atoms with Crippen LogP contribution < -0.4 is 0 Å². The molecular formula is C28H16N4S2. The van der Waals surface area contributed by atoms with Gasteiger partial charge in [-0.2, -0.15) is 15.8 Å². The monoisotopic (exact) mass is 472 g/mol. The van der Waals surface area contributed by atoms with Crippen molar-refractivity contribution in [3.8, 4) is 45.0 Å². The van der Waals surface area contributed by atoms with Crippen molar-refractivity contribution >= 4 is 28.2 Å². The topological polar surface area (TPSA) is 76.3 Å². The highest BCUT2D eigenvalue weighted by Gasteiger charge is 2.21. The Labute approximate surface area is 205 Å². The van der Waals surface area contributed by atoms with E-state index in [1.807, 2.05) is 42.5 Å². The first kappa shape index (κ1) is 21.4. The van der Waals surface area contributed by atoms with Crippen molar-refractivity contribution in [3.63, 3.8) is 0 Å². The van der Waals surface area contributed by atoms with E-state index in [0.29, 0.717) is 4.88 Å². The van der Waals surface area contributed by atoms with Gasteiger partial charge in [0, 0.05) is 16.5 Å². The Morgan fingerprint density at radius 3 is 2.24 bits per heavy atom. The summed E-state index contributed by atoms with van der Waals surface area (Å²) in [5, 5.41) is 30.2. The molecule has 34 heavy (non-hydrogen) atoms. The first-order valence-electron chi connectivity index (χ1n) is 10.5. The van der Waals surface area contributed by atoms with Crippen molar-refractivity contribution in [2.45, 2.75) is 5.92 Å². The van der Waals surface area contributed by atoms with Crippen LogP contribution in [0.2, 0.25) is 0 Å². The molecular weight excluding hydrogens is 456 g/mol. The fourth-order valence-electron chi connectivity index (χ4n) is 4.07. The number of aromatic nitrogens is 1. The van der Waals surface area contributed by atoms with Gasteiger partial charge in [-0.25, -0.2) is 0 Å². The van der Waals surface area contributed by atoms with E-state index in [1.165, 1.54) is 21.8 Å². The molecule has 160 valence electrons. The lowest BCUT2D eigenvalue weighted by Gasteiger charge is -2.15. The molecule has 0 amide bonds. The molecule has 0 fully saturated rings. The van der Waals surface area contributed by atoms with E-state index < -0.39 is 0 Å². The first-order chi connectivity index (χ1) is 16.7. The third-order valence-corrected chi connectivity index (χ3v) is 7.70. The predicted octanol–water partition coefficient (Wildman–Crippen LogP) is 7.47. The minimum absolute atomic E-state index is 0.111. The molecule has 0 spiro atoms. The maximum atomic E-state index is 9.57. The van der Waals surface area contributed by atoms with Gasteiger partial charge in [0.05, 0.1) is 26.7 Å². The summed E-state index contributed by atoms with van der Waals surface area (Å²) >= 11 is 3.13. The number of hydrogen-bond donors (Lipinski definition) is 0. The number of hydrogen-bond acceptors (Lipinski definition) is 5. The molecule has 4 nitrogen and oxygen atoms in total. The van der Waals surface area contributed by atoms with Crippen molar-refractivity contribution in [2.24, 2.45) is 0 Å². The number of para-hydroxylation sites is 1. The van der Waals surface area contributed by atoms with Crippen LogP contribution >= 0.6 is 22.7 Å². The third-order valence-electron chi connectivity index (χ3n) is 5.62. The lowest BCUT2D eigenvalue weighted by molar-refractivity contribution is 1.08. The van der Waals surface area contributed by atoms with E-state index in [9.17, 15) is 15.8 Å². The second-order valence-corrected chi connectivity index (χ2v) is 9.52. The lowest BCUT2D eigenvalue weighted by Crippen LogP contribution is -1.99. The molecule has 0 aliphatic heterocycles. The van der Waals surface area contributed by atoms with Gasteiger partial charge in [0.1, 0.15) is 23.8 Å². The van der Waals surface area contributed by atoms with E-state index in [0.717, 1.165) is 22.0 Å². The zero-order valence-electron chi connectivity index (χ0n) is 17.8. The quantitative estimate of drug-likeness (QED) is 0.283. The first-order valence-corrected chi connectivity index (χ1v) is 12.2. The second-order valence-electron chi connectivity index (χ2n) is 7.52. The molecule has 0 radical (unpaired) electrons. The maximum absolute atomic E-state index is 9.57. The zero-order chi connectivity index (χ0) is 23.5. The normalized spacial score (nSPS) is 12.3. The number of nitrogens with zero attached hydrogens (tertiary/aromatic N) is 4. The van der Waals surface area contributed by atoms with Gasteiger partial charge in [0.25, 0.3) is 0 Å². The molecule has 1 aliphatic carbocycles. The van der Waals surface area contributed by atoms with Crippen LogP contribution in [0.1, 0.15) is 16.4 Å². The van der Waals surface area contributed by atoms with Gasteiger partial charge in [-0.05, 0) is 53.4 Å². The molecule has 0 atom stereocenters. The van der Waals surface area contributed by atoms with E-state index in [2.05, 4.69) is 64.6 Å². The minimum Gasteiger partial charge on any atom is -0.308 e. The van der Waals surface area contributed by atoms with E-state index in [1.54, 1.807) is 17.4 Å². The van der Waals surface area contributed by atoms with E-state index >= 15 is 0 Å². The van der Waals surface area contributed by atoms with Crippen LogP contribution in [0.25, 0.3) is 32.4 Å². The van der Waals surface area contributed by atoms with Crippen LogP contribution in [-0.4, -0.2) is 4.57 Å². The molecule has 6 heteroatoms. The average Bonchev–Trinajstić information content (AvgIpc) is 3.68. The van der Waals surface area contributed by atoms with Gasteiger partial charge in [-0.15, -0.1) is 22.7 Å². The molecule has 1 aromatic carbocycles. The molecule has 0 saturated carbocycles. The molecule has 0 bridgehead atoms. The standard InChI is InChI=1S/C28H16N4S2/c29-16-20(17-30)23(18-31)26-12-13-27(34-26)24-10-11-25(32(24)21-8-2-1-3-9-21)28-22(14-15-33-28)19-6-4-5-7-19/h1-15,19H. The average molecular weight is 473 g/mol. The molecule has 3 aromatic heterocycles. The highest BCUT2D eigenvalue weighted by molar-refractivity contribution is 7.16. The van der Waals surface area contributed by atoms with Crippen molar-refractivity contribution in [3.05, 3.63) is 106 Å². The second kappa shape index (κ2) is 9.22. The molecule has 0 unspecified atom stereocenters. The van der Waals surface area contributed by atoms with Crippen LogP contribution in [0.15, 0.2) is 95.9 Å². The third kappa shape index (κ3) is 3.70. The highest BCUT2D eigenvalue weighted by Crippen LogP contribution is 2.42. The summed E-state index contributed by atoms with van der Waals surface area (Å²) in [5.74, 6) is 0.260. The van der Waals surface area contributed by atoms with Gasteiger partial charge in [-0.3, -0.25) is 0 Å². The number of thiophene rings is 2. The Balaban J connectivity index is 1.68. The lowest BCUT2D eigenvalue weighted by atomic mass is 10.0. The highest BCUT2D eigenvalue weighted by atomic mass is 32.1. The molecule has 0 saturated heterocycles. The van der Waals surface area contributed by atoms with Crippen molar-refractivity contribution in [2.75, 3.05) is 0 Å². The van der Waals surface area contributed by atoms with Gasteiger partial charge >= 0.3 is 0 Å². The summed E-state index contributed by atoms with van der Waals surface area (Å²) in [6.45, 7) is 0. The van der Waals surface area contributed by atoms with Crippen LogP contribution in [0, 0.1) is 34.0 Å². The van der Waals surface area contributed by atoms with Crippen LogP contribution in [-0.2, 0) is 0 Å². The number of rotatable bonds is 5. The number of allylic oxidation sites excluding steroid dienone is 6. The summed E-state index contributed by atoms with van der Waals surface area (Å²) in [4.78, 5) is 2.77. The molecule has 3 heterocycles. The fourth-order valence-corrected chi connectivity index (χ4v) is 6.07. The Bertz CT molecular complexity index is 1560. The fraction of sp³-hybridized carbons (Fsp3) is 0.0357. The van der Waals surface area contributed by atoms with Crippen LogP contribution in [0.3, 0.4) is 0 Å². The Morgan fingerprint density at radius 1 is 0.794 bits per heavy atom. The Hall–Kier alpha value is -4.41. The summed E-state index contributed by atoms with van der Waals surface area (Å²) in [6.07, 6.45) is 8.56. The summed E-state index contributed by atoms with van der Waals surface area (Å²) < 4.78 is 2.23. The molecule has 0 N–H and O–H groups in total. The van der Waals surface area contributed by atoms with Crippen LogP contribution in [0.4, 0.5) is 0 Å².